The van der Waals surface area contributed by atoms with Crippen LogP contribution in [0.5, 0.6) is 0 Å². The van der Waals surface area contributed by atoms with Crippen LogP contribution in [-0.2, 0) is 23.4 Å². The number of aliphatic hydroxyl groups is 2. The summed E-state index contributed by atoms with van der Waals surface area (Å²) in [5.74, 6) is 0. The average molecular weight is 669 g/mol. The highest BCUT2D eigenvalue weighted by Crippen LogP contribution is 2.46. The Morgan fingerprint density at radius 3 is 2.13 bits per heavy atom. The number of epoxide rings is 1. The molecule has 0 radical (unpaired) electrons. The molecule has 46 heavy (non-hydrogen) atoms. The molecule has 7 nitrogen and oxygen atoms in total. The Morgan fingerprint density at radius 1 is 0.957 bits per heavy atom. The van der Waals surface area contributed by atoms with Gasteiger partial charge in [0, 0.05) is 7.11 Å². The van der Waals surface area contributed by atoms with Gasteiger partial charge in [0.15, 0.2) is 8.32 Å². The van der Waals surface area contributed by atoms with Crippen molar-refractivity contribution in [1.82, 2.24) is 0 Å². The number of ether oxygens (including phenoxy) is 4. The van der Waals surface area contributed by atoms with Crippen molar-refractivity contribution in [2.45, 2.75) is 205 Å². The van der Waals surface area contributed by atoms with Crippen molar-refractivity contribution in [3.8, 4) is 0 Å². The predicted molar refractivity (Wildman–Crippen MR) is 192 cm³/mol. The molecular weight excluding hydrogens is 596 g/mol. The largest absolute Gasteiger partial charge is 0.411 e. The Kier molecular flexibility index (Phi) is 14.8. The van der Waals surface area contributed by atoms with Crippen molar-refractivity contribution in [3.05, 3.63) is 23.3 Å². The Hall–Kier alpha value is -0.583. The zero-order chi connectivity index (χ0) is 35.2. The van der Waals surface area contributed by atoms with Gasteiger partial charge in [-0.25, -0.2) is 0 Å². The first-order valence-electron chi connectivity index (χ1n) is 17.8. The highest BCUT2D eigenvalue weighted by Gasteiger charge is 2.53. The standard InChI is InChI=1S/C38H72O7Si/c1-28(2)17-15-23-37(10,42-27-41-12)32-22-26-36(9,43-32)30(39)19-20-31(45-46(13,14)34(5,6)7)35(8,40)25-21-33-38(11,44-33)24-16-18-29(3)4/h17-18,30-33,39-40H,15-16,19-27H2,1-14H3/t30-,31+,32+,33-,35-,36+,37-,38-/m0/s1. The number of hydrogen-bond acceptors (Lipinski definition) is 7. The van der Waals surface area contributed by atoms with E-state index in [9.17, 15) is 10.2 Å². The SMILES string of the molecule is COCO[C@@](C)(CCC=C(C)C)[C@H]1CC[C@](C)([C@@H](O)CC[C@@H](O[Si](C)(C)C(C)(C)C)[C@@](C)(O)CC[C@@H]2O[C@@]2(C)CCC=C(C)C)O1. The Bertz CT molecular complexity index is 1010. The van der Waals surface area contributed by atoms with Gasteiger partial charge in [0.1, 0.15) is 6.79 Å². The molecule has 0 unspecified atom stereocenters. The molecule has 2 fully saturated rings. The van der Waals surface area contributed by atoms with E-state index in [2.05, 4.69) is 87.6 Å². The van der Waals surface area contributed by atoms with Gasteiger partial charge in [-0.3, -0.25) is 0 Å². The smallest absolute Gasteiger partial charge is 0.192 e. The van der Waals surface area contributed by atoms with Crippen LogP contribution in [0.2, 0.25) is 18.1 Å². The molecule has 0 amide bonds. The van der Waals surface area contributed by atoms with E-state index in [1.807, 2.05) is 13.8 Å². The third-order valence-corrected chi connectivity index (χ3v) is 15.7. The van der Waals surface area contributed by atoms with Crippen LogP contribution in [0, 0.1) is 0 Å². The summed E-state index contributed by atoms with van der Waals surface area (Å²) < 4.78 is 31.3. The zero-order valence-electron chi connectivity index (χ0n) is 32.2. The minimum atomic E-state index is -2.21. The summed E-state index contributed by atoms with van der Waals surface area (Å²) in [4.78, 5) is 0. The van der Waals surface area contributed by atoms with Gasteiger partial charge < -0.3 is 33.6 Å². The van der Waals surface area contributed by atoms with Crippen molar-refractivity contribution in [1.29, 1.82) is 0 Å². The lowest BCUT2D eigenvalue weighted by Crippen LogP contribution is -2.52. The van der Waals surface area contributed by atoms with E-state index in [1.54, 1.807) is 7.11 Å². The van der Waals surface area contributed by atoms with Crippen molar-refractivity contribution < 1.29 is 33.6 Å². The van der Waals surface area contributed by atoms with Crippen LogP contribution in [-0.4, -0.2) is 79.3 Å². The predicted octanol–water partition coefficient (Wildman–Crippen LogP) is 9.02. The summed E-state index contributed by atoms with van der Waals surface area (Å²) in [5, 5.41) is 23.6. The fourth-order valence-electron chi connectivity index (χ4n) is 6.45. The van der Waals surface area contributed by atoms with Gasteiger partial charge in [0.05, 0.1) is 46.8 Å². The lowest BCUT2D eigenvalue weighted by Gasteiger charge is -2.44. The Labute approximate surface area is 284 Å². The van der Waals surface area contributed by atoms with Gasteiger partial charge in [-0.15, -0.1) is 0 Å². The molecule has 0 bridgehead atoms. The van der Waals surface area contributed by atoms with Crippen molar-refractivity contribution in [2.24, 2.45) is 0 Å². The number of methoxy groups -OCH3 is 1. The van der Waals surface area contributed by atoms with E-state index < -0.39 is 37.3 Å². The average Bonchev–Trinajstić information content (AvgIpc) is 3.38. The van der Waals surface area contributed by atoms with Crippen molar-refractivity contribution in [3.63, 3.8) is 0 Å². The second-order valence-electron chi connectivity index (χ2n) is 17.2. The molecule has 2 N–H and O–H groups in total. The maximum Gasteiger partial charge on any atom is 0.192 e. The normalized spacial score (nSPS) is 29.0. The van der Waals surface area contributed by atoms with Gasteiger partial charge in [0.2, 0.25) is 0 Å². The summed E-state index contributed by atoms with van der Waals surface area (Å²) in [6, 6.07) is 0. The minimum absolute atomic E-state index is 0.00498. The topological polar surface area (TPSA) is 89.9 Å². The summed E-state index contributed by atoms with van der Waals surface area (Å²) in [7, 11) is -0.572. The second kappa shape index (κ2) is 16.4. The van der Waals surface area contributed by atoms with E-state index in [0.717, 1.165) is 44.9 Å². The third-order valence-electron chi connectivity index (χ3n) is 11.2. The molecule has 2 heterocycles. The fourth-order valence-corrected chi connectivity index (χ4v) is 7.89. The molecular formula is C38H72O7Si. The molecule has 270 valence electrons. The molecule has 2 saturated heterocycles. The first-order chi connectivity index (χ1) is 21.0. The van der Waals surface area contributed by atoms with Crippen molar-refractivity contribution >= 4 is 8.32 Å². The molecule has 0 aromatic heterocycles. The third kappa shape index (κ3) is 11.8. The molecule has 8 heteroatoms. The van der Waals surface area contributed by atoms with Crippen LogP contribution < -0.4 is 0 Å². The van der Waals surface area contributed by atoms with Crippen LogP contribution in [0.4, 0.5) is 0 Å². The first kappa shape index (κ1) is 41.6. The first-order valence-corrected chi connectivity index (χ1v) is 20.7. The molecule has 0 aliphatic carbocycles. The highest BCUT2D eigenvalue weighted by molar-refractivity contribution is 6.74. The van der Waals surface area contributed by atoms with E-state index in [1.165, 1.54) is 11.1 Å². The van der Waals surface area contributed by atoms with Gasteiger partial charge >= 0.3 is 0 Å². The van der Waals surface area contributed by atoms with E-state index in [4.69, 9.17) is 23.4 Å². The van der Waals surface area contributed by atoms with Crippen LogP contribution in [0.15, 0.2) is 23.3 Å². The van der Waals surface area contributed by atoms with Crippen molar-refractivity contribution in [2.75, 3.05) is 13.9 Å². The summed E-state index contributed by atoms with van der Waals surface area (Å²) in [5.41, 5.74) is 0.205. The molecule has 0 aromatic carbocycles. The summed E-state index contributed by atoms with van der Waals surface area (Å²) >= 11 is 0. The van der Waals surface area contributed by atoms with Gasteiger partial charge in [-0.05, 0) is 138 Å². The van der Waals surface area contributed by atoms with E-state index in [0.29, 0.717) is 19.3 Å². The second-order valence-corrected chi connectivity index (χ2v) is 22.0. The molecule has 2 aliphatic rings. The van der Waals surface area contributed by atoms with Crippen LogP contribution in [0.3, 0.4) is 0 Å². The number of aliphatic hydroxyl groups excluding tert-OH is 1. The van der Waals surface area contributed by atoms with Crippen LogP contribution >= 0.6 is 0 Å². The summed E-state index contributed by atoms with van der Waals surface area (Å²) in [6.07, 6.45) is 11.0. The number of rotatable bonds is 20. The van der Waals surface area contributed by atoms with Crippen LogP contribution in [0.1, 0.15) is 140 Å². The van der Waals surface area contributed by atoms with Gasteiger partial charge in [0.25, 0.3) is 0 Å². The van der Waals surface area contributed by atoms with Crippen LogP contribution in [0.25, 0.3) is 0 Å². The maximum absolute atomic E-state index is 12.0. The number of allylic oxidation sites excluding steroid dienone is 4. The molecule has 0 aromatic rings. The molecule has 2 rings (SSSR count). The molecule has 8 atom stereocenters. The fraction of sp³-hybridized carbons (Fsp3) is 0.895. The highest BCUT2D eigenvalue weighted by atomic mass is 28.4. The molecule has 0 spiro atoms. The molecule has 0 saturated carbocycles. The zero-order valence-corrected chi connectivity index (χ0v) is 33.2. The maximum atomic E-state index is 12.0. The Balaban J connectivity index is 2.13. The quantitative estimate of drug-likeness (QED) is 0.0579. The van der Waals surface area contributed by atoms with Gasteiger partial charge in [-0.2, -0.15) is 0 Å². The Morgan fingerprint density at radius 2 is 1.57 bits per heavy atom. The number of hydrogen-bond donors (Lipinski definition) is 2. The molecule has 2 aliphatic heterocycles. The lowest BCUT2D eigenvalue weighted by molar-refractivity contribution is -0.206. The van der Waals surface area contributed by atoms with Gasteiger partial charge in [-0.1, -0.05) is 44.1 Å². The monoisotopic (exact) mass is 669 g/mol. The lowest BCUT2D eigenvalue weighted by atomic mass is 9.85. The van der Waals surface area contributed by atoms with E-state index in [-0.39, 0.29) is 29.6 Å². The minimum Gasteiger partial charge on any atom is -0.411 e. The summed E-state index contributed by atoms with van der Waals surface area (Å²) in [6.45, 7) is 28.0. The van der Waals surface area contributed by atoms with E-state index >= 15 is 0 Å².